The van der Waals surface area contributed by atoms with E-state index in [-0.39, 0.29) is 0 Å². The van der Waals surface area contributed by atoms with E-state index in [0.29, 0.717) is 0 Å². The average molecular weight is 288 g/mol. The molecule has 0 aliphatic heterocycles. The van der Waals surface area contributed by atoms with Crippen molar-refractivity contribution in [2.75, 3.05) is 0 Å². The number of pyridine rings is 1. The van der Waals surface area contributed by atoms with Gasteiger partial charge >= 0.3 is 0 Å². The molecule has 0 unspecified atom stereocenters. The lowest BCUT2D eigenvalue weighted by atomic mass is 10.2. The predicted molar refractivity (Wildman–Crippen MR) is 78.6 cm³/mol. The molecule has 5 heteroatoms. The zero-order valence-electron chi connectivity index (χ0n) is 10.3. The molecule has 1 atom stereocenters. The van der Waals surface area contributed by atoms with Crippen LogP contribution in [-0.2, 0) is 0 Å². The third kappa shape index (κ3) is 2.63. The summed E-state index contributed by atoms with van der Waals surface area (Å²) < 4.78 is 2.11. The molecule has 0 aliphatic rings. The smallest absolute Gasteiger partial charge is 0.157 e. The third-order valence-corrected chi connectivity index (χ3v) is 4.84. The van der Waals surface area contributed by atoms with Crippen LogP contribution in [0.3, 0.4) is 0 Å². The van der Waals surface area contributed by atoms with Crippen molar-refractivity contribution in [3.05, 3.63) is 48.2 Å². The molecule has 3 nitrogen and oxygen atoms in total. The van der Waals surface area contributed by atoms with Gasteiger partial charge in [0, 0.05) is 11.8 Å². The highest BCUT2D eigenvalue weighted by Gasteiger charge is 2.12. The number of para-hydroxylation sites is 1. The summed E-state index contributed by atoms with van der Waals surface area (Å²) in [5, 5.41) is 10.6. The van der Waals surface area contributed by atoms with Crippen molar-refractivity contribution in [3.8, 4) is 0 Å². The molecule has 0 amide bonds. The molecular weight excluding hydrogens is 276 g/mol. The fourth-order valence-corrected chi connectivity index (χ4v) is 3.93. The second kappa shape index (κ2) is 5.28. The second-order valence-electron chi connectivity index (χ2n) is 4.12. The summed E-state index contributed by atoms with van der Waals surface area (Å²) in [7, 11) is 0. The number of nitrogens with zero attached hydrogens (tertiary/aromatic N) is 2. The summed E-state index contributed by atoms with van der Waals surface area (Å²) in [6.07, 6.45) is 1.22. The number of fused-ring (bicyclic) bond motifs is 1. The van der Waals surface area contributed by atoms with Gasteiger partial charge < -0.3 is 5.11 Å². The number of aliphatic hydroxyl groups excluding tert-OH is 1. The highest BCUT2D eigenvalue weighted by atomic mass is 32.2. The number of rotatable bonds is 3. The monoisotopic (exact) mass is 288 g/mol. The van der Waals surface area contributed by atoms with Gasteiger partial charge in [-0.3, -0.25) is 0 Å². The van der Waals surface area contributed by atoms with E-state index in [1.165, 1.54) is 16.5 Å². The Morgan fingerprint density at radius 1 is 1.21 bits per heavy atom. The maximum absolute atomic E-state index is 9.75. The molecule has 96 valence electrons. The molecule has 0 spiro atoms. The third-order valence-electron chi connectivity index (χ3n) is 2.71. The number of aliphatic hydroxyl groups is 1. The van der Waals surface area contributed by atoms with Crippen LogP contribution < -0.4 is 0 Å². The van der Waals surface area contributed by atoms with Gasteiger partial charge in [-0.05, 0) is 36.9 Å². The first-order chi connectivity index (χ1) is 9.24. The van der Waals surface area contributed by atoms with Crippen molar-refractivity contribution in [2.24, 2.45) is 0 Å². The van der Waals surface area contributed by atoms with E-state index < -0.39 is 6.10 Å². The first-order valence-electron chi connectivity index (χ1n) is 5.90. The normalized spacial score (nSPS) is 12.7. The Hall–Kier alpha value is -1.43. The summed E-state index contributed by atoms with van der Waals surface area (Å²) in [6.45, 7) is 1.75. The van der Waals surface area contributed by atoms with Gasteiger partial charge in [-0.25, -0.2) is 9.97 Å². The van der Waals surface area contributed by atoms with Crippen molar-refractivity contribution in [1.82, 2.24) is 9.97 Å². The van der Waals surface area contributed by atoms with Crippen molar-refractivity contribution in [2.45, 2.75) is 22.4 Å². The highest BCUT2D eigenvalue weighted by Crippen LogP contribution is 2.36. The molecule has 0 saturated carbocycles. The van der Waals surface area contributed by atoms with Crippen molar-refractivity contribution in [1.29, 1.82) is 0 Å². The Balaban J connectivity index is 1.97. The van der Waals surface area contributed by atoms with Crippen molar-refractivity contribution < 1.29 is 5.11 Å². The number of benzene rings is 1. The van der Waals surface area contributed by atoms with Crippen LogP contribution >= 0.6 is 23.1 Å². The fourth-order valence-electron chi connectivity index (χ4n) is 1.78. The first kappa shape index (κ1) is 12.6. The SMILES string of the molecule is C[C@H](O)c1cccnc1Sc1nc2ccccc2s1. The lowest BCUT2D eigenvalue weighted by Gasteiger charge is -2.08. The molecule has 1 N–H and O–H groups in total. The lowest BCUT2D eigenvalue weighted by Crippen LogP contribution is -1.95. The average Bonchev–Trinajstić information content (AvgIpc) is 2.81. The lowest BCUT2D eigenvalue weighted by molar-refractivity contribution is 0.195. The number of hydrogen-bond donors (Lipinski definition) is 1. The Bertz CT molecular complexity index is 676. The number of aromatic nitrogens is 2. The largest absolute Gasteiger partial charge is 0.389 e. The zero-order chi connectivity index (χ0) is 13.2. The second-order valence-corrected chi connectivity index (χ2v) is 6.39. The summed E-state index contributed by atoms with van der Waals surface area (Å²) in [6, 6.07) is 11.8. The van der Waals surface area contributed by atoms with E-state index in [0.717, 1.165) is 20.4 Å². The predicted octanol–water partition coefficient (Wildman–Crippen LogP) is 3.90. The van der Waals surface area contributed by atoms with Crippen LogP contribution in [0.1, 0.15) is 18.6 Å². The Morgan fingerprint density at radius 2 is 2.05 bits per heavy atom. The van der Waals surface area contributed by atoms with Gasteiger partial charge in [-0.15, -0.1) is 11.3 Å². The molecule has 0 bridgehead atoms. The van der Waals surface area contributed by atoms with Crippen LogP contribution in [0.25, 0.3) is 10.2 Å². The molecule has 0 saturated heterocycles. The van der Waals surface area contributed by atoms with E-state index in [1.54, 1.807) is 24.5 Å². The van der Waals surface area contributed by atoms with E-state index in [9.17, 15) is 5.11 Å². The van der Waals surface area contributed by atoms with E-state index >= 15 is 0 Å². The van der Waals surface area contributed by atoms with Gasteiger partial charge in [0.15, 0.2) is 4.34 Å². The Kier molecular flexibility index (Phi) is 3.50. The fraction of sp³-hybridized carbons (Fsp3) is 0.143. The van der Waals surface area contributed by atoms with Crippen LogP contribution in [0.4, 0.5) is 0 Å². The first-order valence-corrected chi connectivity index (χ1v) is 7.54. The molecule has 0 radical (unpaired) electrons. The van der Waals surface area contributed by atoms with Crippen LogP contribution in [0, 0.1) is 0 Å². The van der Waals surface area contributed by atoms with Crippen LogP contribution in [0.5, 0.6) is 0 Å². The maximum Gasteiger partial charge on any atom is 0.157 e. The molecule has 2 aromatic heterocycles. The summed E-state index contributed by atoms with van der Waals surface area (Å²) in [5.41, 5.74) is 1.84. The van der Waals surface area contributed by atoms with Crippen molar-refractivity contribution >= 4 is 33.3 Å². The standard InChI is InChI=1S/C14H12N2OS2/c1-9(17)10-5-4-8-15-13(10)19-14-16-11-6-2-3-7-12(11)18-14/h2-9,17H,1H3/t9-/m0/s1. The van der Waals surface area contributed by atoms with E-state index in [4.69, 9.17) is 0 Å². The quantitative estimate of drug-likeness (QED) is 0.794. The Morgan fingerprint density at radius 3 is 2.84 bits per heavy atom. The van der Waals surface area contributed by atoms with Gasteiger partial charge in [0.2, 0.25) is 0 Å². The van der Waals surface area contributed by atoms with Gasteiger partial charge in [0.05, 0.1) is 16.3 Å². The number of hydrogen-bond acceptors (Lipinski definition) is 5. The Labute approximate surface area is 119 Å². The molecular formula is C14H12N2OS2. The topological polar surface area (TPSA) is 46.0 Å². The molecule has 0 fully saturated rings. The summed E-state index contributed by atoms with van der Waals surface area (Å²) in [4.78, 5) is 8.90. The molecule has 19 heavy (non-hydrogen) atoms. The van der Waals surface area contributed by atoms with Gasteiger partial charge in [-0.2, -0.15) is 0 Å². The minimum Gasteiger partial charge on any atom is -0.389 e. The van der Waals surface area contributed by atoms with Crippen LogP contribution in [0.15, 0.2) is 52.0 Å². The molecule has 0 aliphatic carbocycles. The van der Waals surface area contributed by atoms with E-state index in [2.05, 4.69) is 16.0 Å². The maximum atomic E-state index is 9.75. The van der Waals surface area contributed by atoms with Crippen LogP contribution in [0.2, 0.25) is 0 Å². The van der Waals surface area contributed by atoms with E-state index in [1.807, 2.05) is 30.3 Å². The van der Waals surface area contributed by atoms with Gasteiger partial charge in [0.25, 0.3) is 0 Å². The molecule has 3 rings (SSSR count). The highest BCUT2D eigenvalue weighted by molar-refractivity contribution is 8.01. The molecule has 1 aromatic carbocycles. The van der Waals surface area contributed by atoms with Crippen LogP contribution in [-0.4, -0.2) is 15.1 Å². The van der Waals surface area contributed by atoms with Gasteiger partial charge in [0.1, 0.15) is 5.03 Å². The molecule has 2 heterocycles. The van der Waals surface area contributed by atoms with Gasteiger partial charge in [-0.1, -0.05) is 18.2 Å². The summed E-state index contributed by atoms with van der Waals surface area (Å²) in [5.74, 6) is 0. The number of thiazole rings is 1. The zero-order valence-corrected chi connectivity index (χ0v) is 11.9. The minimum atomic E-state index is -0.523. The summed E-state index contributed by atoms with van der Waals surface area (Å²) >= 11 is 3.15. The minimum absolute atomic E-state index is 0.523. The van der Waals surface area contributed by atoms with Crippen molar-refractivity contribution in [3.63, 3.8) is 0 Å². The molecule has 3 aromatic rings.